The van der Waals surface area contributed by atoms with Gasteiger partial charge in [0.2, 0.25) is 0 Å². The van der Waals surface area contributed by atoms with E-state index in [-0.39, 0.29) is 35.4 Å². The van der Waals surface area contributed by atoms with E-state index < -0.39 is 45.4 Å². The van der Waals surface area contributed by atoms with E-state index in [1.165, 1.54) is 0 Å². The van der Waals surface area contributed by atoms with E-state index in [1.807, 2.05) is 0 Å². The monoisotopic (exact) mass is 577 g/mol. The number of halogens is 7. The Labute approximate surface area is 219 Å². The van der Waals surface area contributed by atoms with Crippen LogP contribution in [0.5, 0.6) is 0 Å². The molecule has 2 aromatic carbocycles. The molecule has 1 unspecified atom stereocenters. The van der Waals surface area contributed by atoms with Gasteiger partial charge >= 0.3 is 12.4 Å². The fraction of sp³-hybridized carbons (Fsp3) is 0.320. The summed E-state index contributed by atoms with van der Waals surface area (Å²) in [5, 5.41) is 14.2. The normalized spacial score (nSPS) is 16.7. The zero-order valence-corrected chi connectivity index (χ0v) is 20.9. The van der Waals surface area contributed by atoms with Gasteiger partial charge in [-0.05, 0) is 54.8 Å². The largest absolute Gasteiger partial charge is 0.430 e. The Morgan fingerprint density at radius 1 is 1.03 bits per heavy atom. The fourth-order valence-electron chi connectivity index (χ4n) is 4.57. The van der Waals surface area contributed by atoms with Gasteiger partial charge in [-0.15, -0.1) is 6.58 Å². The molecular formula is C25H22F7N3O3S. The molecular weight excluding hydrogens is 555 g/mol. The average molecular weight is 578 g/mol. The first-order chi connectivity index (χ1) is 18.1. The van der Waals surface area contributed by atoms with Crippen molar-refractivity contribution < 1.29 is 44.3 Å². The van der Waals surface area contributed by atoms with Crippen molar-refractivity contribution in [3.8, 4) is 0 Å². The molecule has 210 valence electrons. The number of aliphatic hydroxyl groups is 1. The minimum atomic E-state index is -6.10. The maximum Gasteiger partial charge on any atom is 0.430 e. The number of benzene rings is 2. The Bertz CT molecular complexity index is 1450. The first-order valence-electron chi connectivity index (χ1n) is 11.5. The quantitative estimate of drug-likeness (QED) is 0.307. The summed E-state index contributed by atoms with van der Waals surface area (Å²) in [5.41, 5.74) is -6.45. The molecule has 4 rings (SSSR count). The van der Waals surface area contributed by atoms with E-state index in [0.717, 1.165) is 34.6 Å². The predicted octanol–water partition coefficient (Wildman–Crippen LogP) is 5.27. The van der Waals surface area contributed by atoms with E-state index >= 15 is 0 Å². The van der Waals surface area contributed by atoms with Crippen LogP contribution in [0.2, 0.25) is 0 Å². The summed E-state index contributed by atoms with van der Waals surface area (Å²) in [6, 6.07) is 6.43. The molecule has 0 amide bonds. The van der Waals surface area contributed by atoms with Crippen LogP contribution in [0.3, 0.4) is 0 Å². The lowest BCUT2D eigenvalue weighted by molar-refractivity contribution is -0.376. The van der Waals surface area contributed by atoms with Gasteiger partial charge in [-0.25, -0.2) is 12.8 Å². The summed E-state index contributed by atoms with van der Waals surface area (Å²) in [6.07, 6.45) is -8.94. The average Bonchev–Trinajstić information content (AvgIpc) is 3.28. The number of sulfonamides is 1. The Morgan fingerprint density at radius 2 is 1.67 bits per heavy atom. The highest BCUT2D eigenvalue weighted by molar-refractivity contribution is 7.92. The molecule has 3 aromatic rings. The molecule has 0 spiro atoms. The van der Waals surface area contributed by atoms with Crippen molar-refractivity contribution in [2.75, 3.05) is 4.31 Å². The van der Waals surface area contributed by atoms with Crippen LogP contribution >= 0.6 is 0 Å². The third-order valence-electron chi connectivity index (χ3n) is 6.46. The van der Waals surface area contributed by atoms with Crippen LogP contribution in [-0.4, -0.2) is 41.7 Å². The minimum absolute atomic E-state index is 0.0155. The van der Waals surface area contributed by atoms with E-state index in [1.54, 1.807) is 23.0 Å². The zero-order valence-electron chi connectivity index (χ0n) is 20.0. The summed E-state index contributed by atoms with van der Waals surface area (Å²) in [5.74, 6) is -0.708. The fourth-order valence-corrected chi connectivity index (χ4v) is 6.29. The summed E-state index contributed by atoms with van der Waals surface area (Å²) in [6.45, 7) is 4.00. The summed E-state index contributed by atoms with van der Waals surface area (Å²) < 4.78 is 124. The molecule has 2 heterocycles. The maximum atomic E-state index is 13.7. The van der Waals surface area contributed by atoms with Gasteiger partial charge in [-0.1, -0.05) is 18.2 Å². The molecule has 0 radical (unpaired) electrons. The van der Waals surface area contributed by atoms with Crippen molar-refractivity contribution >= 4 is 15.7 Å². The molecule has 0 aliphatic carbocycles. The Balaban J connectivity index is 1.83. The Hall–Kier alpha value is -3.39. The number of aryl methyl sites for hydroxylation is 1. The lowest BCUT2D eigenvalue weighted by atomic mass is 9.87. The molecule has 1 aromatic heterocycles. The number of aromatic nitrogens is 2. The number of anilines is 1. The standard InChI is InChI=1S/C25H22F7N3O3S/c1-2-12-34-13-11-19(33-34)15-20-7-3-16-14-17(23(36,24(27,28)29)25(30,31)32)4-10-22(16)35(20)39(37,38)21-8-5-18(26)6-9-21/h2,4-6,8-11,13-14,20,36H,1,3,7,12,15H2. The lowest BCUT2D eigenvalue weighted by Crippen LogP contribution is -2.54. The van der Waals surface area contributed by atoms with Crippen LogP contribution < -0.4 is 4.31 Å². The number of hydrogen-bond donors (Lipinski definition) is 1. The number of alkyl halides is 6. The first kappa shape index (κ1) is 28.6. The van der Waals surface area contributed by atoms with Crippen LogP contribution in [0.4, 0.5) is 36.4 Å². The van der Waals surface area contributed by atoms with Crippen molar-refractivity contribution in [2.45, 2.75) is 54.7 Å². The van der Waals surface area contributed by atoms with Crippen LogP contribution in [0.25, 0.3) is 0 Å². The molecule has 14 heteroatoms. The number of hydrogen-bond acceptors (Lipinski definition) is 4. The van der Waals surface area contributed by atoms with E-state index in [9.17, 15) is 44.3 Å². The highest BCUT2D eigenvalue weighted by Gasteiger charge is 2.71. The van der Waals surface area contributed by atoms with Crippen molar-refractivity contribution in [3.63, 3.8) is 0 Å². The van der Waals surface area contributed by atoms with Crippen molar-refractivity contribution in [3.05, 3.63) is 90.0 Å². The van der Waals surface area contributed by atoms with Gasteiger partial charge in [-0.2, -0.15) is 31.4 Å². The maximum absolute atomic E-state index is 13.7. The molecule has 6 nitrogen and oxygen atoms in total. The number of rotatable bonds is 7. The van der Waals surface area contributed by atoms with Crippen molar-refractivity contribution in [1.82, 2.24) is 9.78 Å². The molecule has 0 bridgehead atoms. The molecule has 1 atom stereocenters. The van der Waals surface area contributed by atoms with Gasteiger partial charge in [0, 0.05) is 18.2 Å². The van der Waals surface area contributed by atoms with Crippen LogP contribution in [0.15, 0.2) is 72.3 Å². The predicted molar refractivity (Wildman–Crippen MR) is 127 cm³/mol. The van der Waals surface area contributed by atoms with E-state index in [0.29, 0.717) is 24.4 Å². The van der Waals surface area contributed by atoms with E-state index in [4.69, 9.17) is 0 Å². The number of nitrogens with zero attached hydrogens (tertiary/aromatic N) is 3. The van der Waals surface area contributed by atoms with Crippen molar-refractivity contribution in [2.24, 2.45) is 0 Å². The molecule has 0 saturated carbocycles. The molecule has 39 heavy (non-hydrogen) atoms. The van der Waals surface area contributed by atoms with Crippen molar-refractivity contribution in [1.29, 1.82) is 0 Å². The van der Waals surface area contributed by atoms with Gasteiger partial charge in [0.1, 0.15) is 5.82 Å². The van der Waals surface area contributed by atoms with Gasteiger partial charge in [0.25, 0.3) is 15.6 Å². The Morgan fingerprint density at radius 3 is 2.26 bits per heavy atom. The number of fused-ring (bicyclic) bond motifs is 1. The third-order valence-corrected chi connectivity index (χ3v) is 8.34. The molecule has 1 aliphatic heterocycles. The van der Waals surface area contributed by atoms with Gasteiger partial charge in [0.05, 0.1) is 28.9 Å². The first-order valence-corrected chi connectivity index (χ1v) is 13.0. The molecule has 0 fully saturated rings. The van der Waals surface area contributed by atoms with Gasteiger partial charge in [0.15, 0.2) is 0 Å². The second kappa shape index (κ2) is 9.97. The molecule has 1 N–H and O–H groups in total. The summed E-state index contributed by atoms with van der Waals surface area (Å²) >= 11 is 0. The smallest absolute Gasteiger partial charge is 0.369 e. The minimum Gasteiger partial charge on any atom is -0.369 e. The van der Waals surface area contributed by atoms with Gasteiger partial charge in [-0.3, -0.25) is 8.99 Å². The summed E-state index contributed by atoms with van der Waals surface area (Å²) in [4.78, 5) is -0.329. The zero-order chi connectivity index (χ0) is 28.8. The topological polar surface area (TPSA) is 75.4 Å². The second-order valence-electron chi connectivity index (χ2n) is 9.02. The van der Waals surface area contributed by atoms with Crippen LogP contribution in [0.1, 0.15) is 23.2 Å². The number of allylic oxidation sites excluding steroid dienone is 1. The third kappa shape index (κ3) is 5.14. The Kier molecular flexibility index (Phi) is 7.32. The highest BCUT2D eigenvalue weighted by atomic mass is 32.2. The highest BCUT2D eigenvalue weighted by Crippen LogP contribution is 2.51. The lowest BCUT2D eigenvalue weighted by Gasteiger charge is -2.39. The molecule has 0 saturated heterocycles. The molecule has 1 aliphatic rings. The SMILES string of the molecule is C=CCn1ccc(CC2CCc3cc(C(O)(C(F)(F)F)C(F)(F)F)ccc3N2S(=O)(=O)c2ccc(F)cc2)n1. The second-order valence-corrected chi connectivity index (χ2v) is 10.8. The van der Waals surface area contributed by atoms with Gasteiger partial charge < -0.3 is 5.11 Å². The van der Waals surface area contributed by atoms with Crippen LogP contribution in [0, 0.1) is 5.82 Å². The summed E-state index contributed by atoms with van der Waals surface area (Å²) in [7, 11) is -4.46. The van der Waals surface area contributed by atoms with E-state index in [2.05, 4.69) is 11.7 Å². The van der Waals surface area contributed by atoms with Crippen LogP contribution in [-0.2, 0) is 35.0 Å².